The van der Waals surface area contributed by atoms with Crippen molar-refractivity contribution in [2.24, 2.45) is 0 Å². The van der Waals surface area contributed by atoms with Gasteiger partial charge in [-0.15, -0.1) is 7.68 Å². The molecule has 2 rings (SSSR count). The fourth-order valence-electron chi connectivity index (χ4n) is 5.89. The molecule has 0 aromatic carbocycles. The quantitative estimate of drug-likeness (QED) is 0.294. The molecule has 2 heterocycles. The van der Waals surface area contributed by atoms with Crippen LogP contribution in [-0.2, 0) is 0 Å². The van der Waals surface area contributed by atoms with E-state index < -0.39 is 15.5 Å². The topological polar surface area (TPSA) is 6.48 Å². The molecule has 2 aliphatic heterocycles. The zero-order chi connectivity index (χ0) is 23.8. The lowest BCUT2D eigenvalue weighted by atomic mass is 9.82. The van der Waals surface area contributed by atoms with Crippen molar-refractivity contribution in [1.82, 2.24) is 7.77 Å². The van der Waals surface area contributed by atoms with Gasteiger partial charge in [0, 0.05) is 0 Å². The fraction of sp³-hybridized carbons (Fsp3) is 1.00. The van der Waals surface area contributed by atoms with Gasteiger partial charge in [0.1, 0.15) is 0 Å². The third-order valence-corrected chi connectivity index (χ3v) is 29.5. The molecule has 1 radical (unpaired) electrons. The van der Waals surface area contributed by atoms with Gasteiger partial charge in [0.05, 0.1) is 15.5 Å². The largest absolute Gasteiger partial charge is 0.456 e. The second-order valence-electron chi connectivity index (χ2n) is 14.4. The average Bonchev–Trinajstić information content (AvgIpc) is 2.39. The zero-order valence-corrected chi connectivity index (χ0v) is 27.4. The van der Waals surface area contributed by atoms with Crippen molar-refractivity contribution in [3.05, 3.63) is 0 Å². The van der Waals surface area contributed by atoms with Crippen LogP contribution in [0.25, 0.3) is 0 Å². The van der Waals surface area contributed by atoms with Gasteiger partial charge >= 0.3 is 15.7 Å². The maximum absolute atomic E-state index is 2.87. The third-order valence-electron chi connectivity index (χ3n) is 6.74. The lowest BCUT2D eigenvalue weighted by Crippen LogP contribution is -2.70. The Morgan fingerprint density at radius 1 is 0.533 bits per heavy atom. The molecule has 0 atom stereocenters. The van der Waals surface area contributed by atoms with Crippen LogP contribution in [0.15, 0.2) is 0 Å². The van der Waals surface area contributed by atoms with E-state index in [2.05, 4.69) is 102 Å². The predicted molar refractivity (Wildman–Crippen MR) is 148 cm³/mol. The number of hydrogen-bond donors (Lipinski definition) is 0. The summed E-state index contributed by atoms with van der Waals surface area (Å²) < 4.78 is 5.75. The highest BCUT2D eigenvalue weighted by Gasteiger charge is 2.48. The van der Waals surface area contributed by atoms with E-state index in [0.29, 0.717) is 22.2 Å². The molecular weight excluding hydrogens is 430 g/mol. The summed E-state index contributed by atoms with van der Waals surface area (Å²) in [6.07, 6.45) is 8.14. The van der Waals surface area contributed by atoms with Gasteiger partial charge in [-0.2, -0.15) is 0 Å². The Bertz CT molecular complexity index is 483. The Kier molecular flexibility index (Phi) is 9.68. The van der Waals surface area contributed by atoms with E-state index >= 15 is 0 Å². The molecule has 30 heavy (non-hydrogen) atoms. The lowest BCUT2D eigenvalue weighted by molar-refractivity contribution is 0.00365. The minimum Gasteiger partial charge on any atom is -0.368 e. The Morgan fingerprint density at radius 2 is 0.767 bits per heavy atom. The van der Waals surface area contributed by atoms with E-state index in [9.17, 15) is 0 Å². The third kappa shape index (κ3) is 8.93. The number of nitrogens with zero attached hydrogens (tertiary/aromatic N) is 2. The average molecular weight is 486 g/mol. The molecule has 2 aliphatic rings. The van der Waals surface area contributed by atoms with Gasteiger partial charge in [-0.05, 0) is 116 Å². The van der Waals surface area contributed by atoms with Gasteiger partial charge in [-0.1, -0.05) is 39.3 Å². The minimum atomic E-state index is -0.703. The Hall–Kier alpha value is 1.32. The smallest absolute Gasteiger partial charge is 0.368 e. The molecule has 2 fully saturated rings. The fourth-order valence-corrected chi connectivity index (χ4v) is 37.1. The molecule has 0 N–H and O–H groups in total. The molecular formula is C24H55AlN2PSi2. The van der Waals surface area contributed by atoms with Gasteiger partial charge in [0.15, 0.2) is 0 Å². The molecule has 0 aromatic rings. The second-order valence-corrected chi connectivity index (χ2v) is 37.0. The SMILES string of the molecule is CC1(C)CCCC(C)(C)[N]1[Al][N]1C(C)(C)CCCC1(C)C.C[Si](C)(C)P[Si](C)(C)C. The van der Waals surface area contributed by atoms with Crippen molar-refractivity contribution in [3.63, 3.8) is 0 Å². The lowest BCUT2D eigenvalue weighted by Gasteiger charge is -2.60. The summed E-state index contributed by atoms with van der Waals surface area (Å²) >= 11 is 0.186. The highest BCUT2D eigenvalue weighted by atomic mass is 31.6. The first-order valence-electron chi connectivity index (χ1n) is 12.3. The van der Waals surface area contributed by atoms with Crippen molar-refractivity contribution >= 4 is 38.8 Å². The van der Waals surface area contributed by atoms with Crippen LogP contribution in [0.1, 0.15) is 93.9 Å². The highest BCUT2D eigenvalue weighted by molar-refractivity contribution is 8.06. The molecule has 0 bridgehead atoms. The predicted octanol–water partition coefficient (Wildman–Crippen LogP) is 7.94. The molecule has 6 heteroatoms. The van der Waals surface area contributed by atoms with E-state index in [1.807, 2.05) is 0 Å². The van der Waals surface area contributed by atoms with Gasteiger partial charge < -0.3 is 7.77 Å². The van der Waals surface area contributed by atoms with Gasteiger partial charge in [0.25, 0.3) is 0 Å². The van der Waals surface area contributed by atoms with Crippen molar-refractivity contribution in [2.75, 3.05) is 0 Å². The normalized spacial score (nSPS) is 26.5. The minimum absolute atomic E-state index is 0.186. The first kappa shape index (κ1) is 29.3. The number of rotatable bonds is 4. The van der Waals surface area contributed by atoms with E-state index in [1.165, 1.54) is 46.2 Å². The van der Waals surface area contributed by atoms with Gasteiger partial charge in [-0.3, -0.25) is 0 Å². The number of hydrogen-bond acceptors (Lipinski definition) is 2. The molecule has 0 saturated carbocycles. The summed E-state index contributed by atoms with van der Waals surface area (Å²) in [5.41, 5.74) is 1.39. The summed E-state index contributed by atoms with van der Waals surface area (Å²) in [6, 6.07) is 0. The van der Waals surface area contributed by atoms with Crippen LogP contribution in [-0.4, -0.2) is 61.1 Å². The summed E-state index contributed by atoms with van der Waals surface area (Å²) in [5, 5.41) is 0. The van der Waals surface area contributed by atoms with Crippen LogP contribution in [0, 0.1) is 0 Å². The molecule has 0 spiro atoms. The molecule has 2 saturated heterocycles. The Balaban J connectivity index is 0.000000424. The first-order valence-corrected chi connectivity index (χ1v) is 23.4. The molecule has 0 unspecified atom stereocenters. The van der Waals surface area contributed by atoms with Crippen molar-refractivity contribution in [2.45, 2.75) is 155 Å². The molecule has 2 nitrogen and oxygen atoms in total. The maximum atomic E-state index is 2.87. The second kappa shape index (κ2) is 9.89. The van der Waals surface area contributed by atoms with Crippen LogP contribution < -0.4 is 0 Å². The summed E-state index contributed by atoms with van der Waals surface area (Å²) in [4.78, 5) is 0. The van der Waals surface area contributed by atoms with Crippen molar-refractivity contribution < 1.29 is 0 Å². The molecule has 0 aliphatic carbocycles. The summed E-state index contributed by atoms with van der Waals surface area (Å²) in [6.45, 7) is 34.6. The molecule has 0 aromatic heterocycles. The molecule has 177 valence electrons. The van der Waals surface area contributed by atoms with Crippen LogP contribution in [0.2, 0.25) is 39.3 Å². The Labute approximate surface area is 201 Å². The van der Waals surface area contributed by atoms with Crippen LogP contribution >= 0.6 is 7.68 Å². The van der Waals surface area contributed by atoms with Crippen molar-refractivity contribution in [1.29, 1.82) is 0 Å². The van der Waals surface area contributed by atoms with E-state index in [4.69, 9.17) is 0 Å². The highest BCUT2D eigenvalue weighted by Crippen LogP contribution is 2.42. The van der Waals surface area contributed by atoms with E-state index in [-0.39, 0.29) is 15.7 Å². The van der Waals surface area contributed by atoms with E-state index in [0.717, 1.165) is 0 Å². The maximum Gasteiger partial charge on any atom is 0.456 e. The first-order chi connectivity index (χ1) is 13.1. The standard InChI is InChI=1S/2C9H18N.C6H19PSi2.Al/c2*1-8(2)6-5-7-9(3,4)10-8;1-8(2,3)7-9(4,5)6;/h2*5-7H2,1-4H3;7H,1-6H3;/q2*-1;;+2. The van der Waals surface area contributed by atoms with Crippen molar-refractivity contribution in [3.8, 4) is 0 Å². The zero-order valence-electron chi connectivity index (χ0n) is 23.2. The Morgan fingerprint density at radius 3 is 0.933 bits per heavy atom. The van der Waals surface area contributed by atoms with Gasteiger partial charge in [-0.25, -0.2) is 0 Å². The summed E-state index contributed by atoms with van der Waals surface area (Å²) in [7, 11) is -0.0775. The van der Waals surface area contributed by atoms with Crippen LogP contribution in [0.4, 0.5) is 0 Å². The monoisotopic (exact) mass is 485 g/mol. The summed E-state index contributed by atoms with van der Waals surface area (Å²) in [5.74, 6) is 0. The number of piperidine rings is 2. The van der Waals surface area contributed by atoms with Crippen LogP contribution in [0.5, 0.6) is 0 Å². The van der Waals surface area contributed by atoms with Gasteiger partial charge in [0.2, 0.25) is 0 Å². The van der Waals surface area contributed by atoms with E-state index in [1.54, 1.807) is 0 Å². The molecule has 0 amide bonds. The van der Waals surface area contributed by atoms with Crippen LogP contribution in [0.3, 0.4) is 0 Å².